The first kappa shape index (κ1) is 57.4. The van der Waals surface area contributed by atoms with Crippen molar-refractivity contribution in [3.8, 4) is 11.8 Å². The number of anilines is 4. The minimum Gasteiger partial charge on any atom is -0.474 e. The maximum absolute atomic E-state index is 14.1. The van der Waals surface area contributed by atoms with E-state index in [-0.39, 0.29) is 46.3 Å². The van der Waals surface area contributed by atoms with E-state index in [9.17, 15) is 28.0 Å². The summed E-state index contributed by atoms with van der Waals surface area (Å²) in [6.07, 6.45) is 7.15. The van der Waals surface area contributed by atoms with E-state index in [1.54, 1.807) is 22.2 Å². The molecule has 78 heavy (non-hydrogen) atoms. The van der Waals surface area contributed by atoms with Crippen molar-refractivity contribution in [2.45, 2.75) is 50.7 Å². The van der Waals surface area contributed by atoms with E-state index in [0.29, 0.717) is 89.6 Å². The standard InChI is InChI=1S/2C30H36FN5O3/c1-34(2)23-8-5-21(6-9-23)13-16-32-29(37)27-19-22(31)7-11-26(27)30(38)36-17-14-25(15-18-36)39-28-12-10-24(20-33-28)35(3)4;1-34(2)23-8-5-21(6-9-23)13-16-32-29(37)26-11-7-22(31)19-27(26)30(38)36-17-14-25(15-18-36)39-28-12-10-24(20-33-28)35(3)4/h2*5-12,19-20,25H,13-18H2,1-4H3,(H,32,37). The minimum atomic E-state index is -0.559. The fraction of sp³-hybridized carbons (Fsp3) is 0.367. The molecule has 0 radical (unpaired) electrons. The Bertz CT molecular complexity index is 2940. The molecular weight excluding hydrogens is 995 g/mol. The SMILES string of the molecule is CN(C)c1ccc(CCNC(=O)c2cc(F)ccc2C(=O)N2CCC(Oc3ccc(N(C)C)cn3)CC2)cc1.CN(C)c1ccc(CCNC(=O)c2ccc(F)cc2C(=O)N2CCC(Oc3ccc(N(C)C)cn3)CC2)cc1. The largest absolute Gasteiger partial charge is 0.474 e. The molecule has 2 N–H and O–H groups in total. The Labute approximate surface area is 457 Å². The summed E-state index contributed by atoms with van der Waals surface area (Å²) in [5.41, 5.74) is 6.82. The number of piperidine rings is 2. The third-order valence-electron chi connectivity index (χ3n) is 13.7. The zero-order valence-corrected chi connectivity index (χ0v) is 46.0. The molecule has 16 nitrogen and oxygen atoms in total. The molecule has 4 heterocycles. The maximum Gasteiger partial charge on any atom is 0.254 e. The second-order valence-electron chi connectivity index (χ2n) is 20.2. The van der Waals surface area contributed by atoms with Gasteiger partial charge in [0.25, 0.3) is 23.6 Å². The Hall–Kier alpha value is -8.28. The third kappa shape index (κ3) is 15.9. The van der Waals surface area contributed by atoms with Gasteiger partial charge in [-0.25, -0.2) is 18.7 Å². The zero-order valence-electron chi connectivity index (χ0n) is 46.0. The van der Waals surface area contributed by atoms with Gasteiger partial charge in [0.05, 0.1) is 46.0 Å². The summed E-state index contributed by atoms with van der Waals surface area (Å²) >= 11 is 0. The van der Waals surface area contributed by atoms with Crippen LogP contribution in [0.1, 0.15) is 78.2 Å². The van der Waals surface area contributed by atoms with Crippen LogP contribution in [0, 0.1) is 11.6 Å². The monoisotopic (exact) mass is 1070 g/mol. The molecule has 2 saturated heterocycles. The average molecular weight is 1070 g/mol. The highest BCUT2D eigenvalue weighted by Crippen LogP contribution is 2.25. The fourth-order valence-electron chi connectivity index (χ4n) is 8.98. The number of pyridine rings is 2. The molecule has 0 bridgehead atoms. The van der Waals surface area contributed by atoms with Gasteiger partial charge in [0.1, 0.15) is 23.8 Å². The highest BCUT2D eigenvalue weighted by atomic mass is 19.1. The molecule has 0 saturated carbocycles. The number of ether oxygens (including phenoxy) is 2. The number of nitrogens with zero attached hydrogens (tertiary/aromatic N) is 8. The predicted molar refractivity (Wildman–Crippen MR) is 303 cm³/mol. The van der Waals surface area contributed by atoms with Gasteiger partial charge in [-0.3, -0.25) is 19.2 Å². The van der Waals surface area contributed by atoms with Gasteiger partial charge in [0.15, 0.2) is 0 Å². The first-order valence-electron chi connectivity index (χ1n) is 26.3. The van der Waals surface area contributed by atoms with Crippen LogP contribution in [0.4, 0.5) is 31.5 Å². The molecule has 2 aliphatic rings. The number of hydrogen-bond donors (Lipinski definition) is 2. The van der Waals surface area contributed by atoms with E-state index in [2.05, 4.69) is 20.6 Å². The first-order valence-corrected chi connectivity index (χ1v) is 26.3. The van der Waals surface area contributed by atoms with Crippen molar-refractivity contribution in [1.82, 2.24) is 30.4 Å². The van der Waals surface area contributed by atoms with Crippen LogP contribution >= 0.6 is 0 Å². The maximum atomic E-state index is 14.1. The highest BCUT2D eigenvalue weighted by molar-refractivity contribution is 6.08. The van der Waals surface area contributed by atoms with Crippen LogP contribution in [0.3, 0.4) is 0 Å². The quantitative estimate of drug-likeness (QED) is 0.0857. The topological polar surface area (TPSA) is 156 Å². The number of benzene rings is 4. The van der Waals surface area contributed by atoms with Gasteiger partial charge in [0.2, 0.25) is 11.8 Å². The smallest absolute Gasteiger partial charge is 0.254 e. The van der Waals surface area contributed by atoms with Crippen LogP contribution in [0.2, 0.25) is 0 Å². The molecule has 2 aliphatic heterocycles. The van der Waals surface area contributed by atoms with Crippen LogP contribution in [-0.2, 0) is 12.8 Å². The van der Waals surface area contributed by atoms with Crippen molar-refractivity contribution in [3.05, 3.63) is 167 Å². The lowest BCUT2D eigenvalue weighted by molar-refractivity contribution is 0.0577. The summed E-state index contributed by atoms with van der Waals surface area (Å²) in [5, 5.41) is 5.71. The van der Waals surface area contributed by atoms with Crippen LogP contribution in [-0.4, -0.2) is 151 Å². The normalized spacial score (nSPS) is 13.6. The Kier molecular flexibility index (Phi) is 20.0. The lowest BCUT2D eigenvalue weighted by atomic mass is 10.0. The van der Waals surface area contributed by atoms with E-state index in [1.165, 1.54) is 24.3 Å². The van der Waals surface area contributed by atoms with Crippen molar-refractivity contribution >= 4 is 46.4 Å². The van der Waals surface area contributed by atoms with Crippen LogP contribution in [0.25, 0.3) is 0 Å². The molecule has 0 unspecified atom stereocenters. The molecule has 0 spiro atoms. The zero-order chi connectivity index (χ0) is 55.9. The Morgan fingerprint density at radius 2 is 0.833 bits per heavy atom. The number of amides is 4. The number of nitrogens with one attached hydrogen (secondary N) is 2. The fourth-order valence-corrected chi connectivity index (χ4v) is 8.98. The second-order valence-corrected chi connectivity index (χ2v) is 20.2. The molecule has 6 aromatic rings. The molecule has 2 fully saturated rings. The van der Waals surface area contributed by atoms with Gasteiger partial charge in [0, 0.05) is 145 Å². The molecular formula is C60H72F2N10O6. The number of carbonyl (C=O) groups is 4. The lowest BCUT2D eigenvalue weighted by Gasteiger charge is -2.32. The number of aromatic nitrogens is 2. The van der Waals surface area contributed by atoms with E-state index >= 15 is 0 Å². The summed E-state index contributed by atoms with van der Waals surface area (Å²) in [6.45, 7) is 2.61. The molecule has 412 valence electrons. The number of hydrogen-bond acceptors (Lipinski definition) is 12. The first-order chi connectivity index (χ1) is 37.4. The number of carbonyl (C=O) groups excluding carboxylic acids is 4. The molecule has 2 aromatic heterocycles. The van der Waals surface area contributed by atoms with Crippen LogP contribution in [0.5, 0.6) is 11.8 Å². The third-order valence-corrected chi connectivity index (χ3v) is 13.7. The van der Waals surface area contributed by atoms with Crippen LogP contribution in [0.15, 0.2) is 122 Å². The summed E-state index contributed by atoms with van der Waals surface area (Å²) in [5.74, 6) is -1.52. The highest BCUT2D eigenvalue weighted by Gasteiger charge is 2.30. The van der Waals surface area contributed by atoms with Gasteiger partial charge in [-0.1, -0.05) is 24.3 Å². The van der Waals surface area contributed by atoms with E-state index in [4.69, 9.17) is 9.47 Å². The lowest BCUT2D eigenvalue weighted by Crippen LogP contribution is -2.42. The van der Waals surface area contributed by atoms with E-state index in [1.807, 2.05) is 149 Å². The molecule has 4 amide bonds. The number of likely N-dealkylation sites (tertiary alicyclic amines) is 2. The van der Waals surface area contributed by atoms with Crippen LogP contribution < -0.4 is 39.7 Å². The van der Waals surface area contributed by atoms with Gasteiger partial charge in [-0.05, 0) is 96.8 Å². The minimum absolute atomic E-state index is 0.0477. The molecule has 8 rings (SSSR count). The molecule has 4 aromatic carbocycles. The van der Waals surface area contributed by atoms with Crippen molar-refractivity contribution in [2.24, 2.45) is 0 Å². The van der Waals surface area contributed by atoms with Crippen molar-refractivity contribution < 1.29 is 37.4 Å². The summed E-state index contributed by atoms with van der Waals surface area (Å²) < 4.78 is 40.3. The van der Waals surface area contributed by atoms with Crippen molar-refractivity contribution in [2.75, 3.05) is 115 Å². The average Bonchev–Trinajstić information content (AvgIpc) is 3.43. The van der Waals surface area contributed by atoms with Gasteiger partial charge < -0.3 is 49.5 Å². The Balaban J connectivity index is 0.000000226. The number of halogens is 2. The molecule has 18 heteroatoms. The van der Waals surface area contributed by atoms with Crippen molar-refractivity contribution in [3.63, 3.8) is 0 Å². The predicted octanol–water partition coefficient (Wildman–Crippen LogP) is 8.02. The summed E-state index contributed by atoms with van der Waals surface area (Å²) in [7, 11) is 15.7. The Morgan fingerprint density at radius 3 is 1.22 bits per heavy atom. The van der Waals surface area contributed by atoms with Gasteiger partial charge in [-0.2, -0.15) is 0 Å². The molecule has 0 aliphatic carbocycles. The molecule has 0 atom stereocenters. The van der Waals surface area contributed by atoms with E-state index < -0.39 is 23.4 Å². The van der Waals surface area contributed by atoms with Gasteiger partial charge >= 0.3 is 0 Å². The Morgan fingerprint density at radius 1 is 0.474 bits per heavy atom. The van der Waals surface area contributed by atoms with Gasteiger partial charge in [-0.15, -0.1) is 0 Å². The van der Waals surface area contributed by atoms with E-state index in [0.717, 1.165) is 46.0 Å². The number of rotatable bonds is 18. The summed E-state index contributed by atoms with van der Waals surface area (Å²) in [4.78, 5) is 72.7. The summed E-state index contributed by atoms with van der Waals surface area (Å²) in [6, 6.07) is 31.2. The second kappa shape index (κ2) is 27.2. The van der Waals surface area contributed by atoms with Crippen molar-refractivity contribution in [1.29, 1.82) is 0 Å².